The second-order valence-corrected chi connectivity index (χ2v) is 3.88. The Bertz CT molecular complexity index is 140. The Morgan fingerprint density at radius 1 is 1.58 bits per heavy atom. The summed E-state index contributed by atoms with van der Waals surface area (Å²) >= 11 is 0. The Morgan fingerprint density at radius 2 is 2.25 bits per heavy atom. The van der Waals surface area contributed by atoms with Gasteiger partial charge in [-0.25, -0.2) is 4.39 Å². The van der Waals surface area contributed by atoms with Crippen molar-refractivity contribution in [3.63, 3.8) is 0 Å². The highest BCUT2D eigenvalue weighted by Crippen LogP contribution is 2.23. The normalized spacial score (nSPS) is 31.8. The minimum absolute atomic E-state index is 0.246. The highest BCUT2D eigenvalue weighted by Gasteiger charge is 2.32. The third-order valence-electron chi connectivity index (χ3n) is 2.57. The van der Waals surface area contributed by atoms with Crippen LogP contribution in [-0.4, -0.2) is 41.9 Å². The molecule has 0 aliphatic carbocycles. The van der Waals surface area contributed by atoms with Crippen LogP contribution >= 0.6 is 0 Å². The smallest absolute Gasteiger partial charge is 0.102 e. The van der Waals surface area contributed by atoms with E-state index in [1.54, 1.807) is 0 Å². The van der Waals surface area contributed by atoms with Crippen molar-refractivity contribution in [3.05, 3.63) is 0 Å². The maximum absolute atomic E-state index is 12.1. The van der Waals surface area contributed by atoms with Gasteiger partial charge in [-0.2, -0.15) is 0 Å². The molecule has 1 heterocycles. The van der Waals surface area contributed by atoms with Gasteiger partial charge in [-0.15, -0.1) is 0 Å². The van der Waals surface area contributed by atoms with Crippen LogP contribution < -0.4 is 0 Å². The lowest BCUT2D eigenvalue weighted by atomic mass is 10.0. The number of likely N-dealkylation sites (tertiary alicyclic amines) is 1. The molecule has 72 valence electrons. The molecule has 1 N–H and O–H groups in total. The first kappa shape index (κ1) is 9.93. The summed E-state index contributed by atoms with van der Waals surface area (Å²) < 4.78 is 12.1. The van der Waals surface area contributed by atoms with Crippen molar-refractivity contribution in [2.24, 2.45) is 5.92 Å². The van der Waals surface area contributed by atoms with Gasteiger partial charge in [0, 0.05) is 19.1 Å². The molecule has 1 rings (SSSR count). The molecule has 0 spiro atoms. The molecule has 0 aromatic rings. The number of halogens is 1. The highest BCUT2D eigenvalue weighted by molar-refractivity contribution is 4.86. The van der Waals surface area contributed by atoms with Gasteiger partial charge in [-0.1, -0.05) is 13.8 Å². The molecule has 3 heteroatoms. The molecule has 2 unspecified atom stereocenters. The molecule has 0 aromatic heterocycles. The number of aliphatic hydroxyl groups excluding tert-OH is 1. The molecule has 1 aliphatic rings. The maximum atomic E-state index is 12.1. The van der Waals surface area contributed by atoms with E-state index in [-0.39, 0.29) is 12.8 Å². The topological polar surface area (TPSA) is 23.5 Å². The van der Waals surface area contributed by atoms with Crippen molar-refractivity contribution in [3.8, 4) is 0 Å². The molecule has 2 atom stereocenters. The number of β-amino-alcohol motifs (C(OH)–C–C–N with tert-alkyl or cyclic N) is 1. The SMILES string of the molecule is CC(C)C1CC(O)CN1CCF. The molecule has 1 aliphatic heterocycles. The Morgan fingerprint density at radius 3 is 2.75 bits per heavy atom. The number of nitrogens with zero attached hydrogens (tertiary/aromatic N) is 1. The number of alkyl halides is 1. The van der Waals surface area contributed by atoms with Crippen LogP contribution in [0.15, 0.2) is 0 Å². The molecular weight excluding hydrogens is 157 g/mol. The lowest BCUT2D eigenvalue weighted by Crippen LogP contribution is -2.35. The van der Waals surface area contributed by atoms with Crippen molar-refractivity contribution < 1.29 is 9.50 Å². The number of hydrogen-bond acceptors (Lipinski definition) is 2. The summed E-state index contributed by atoms with van der Waals surface area (Å²) in [5, 5.41) is 9.38. The van der Waals surface area contributed by atoms with E-state index in [1.165, 1.54) is 0 Å². The van der Waals surface area contributed by atoms with Crippen LogP contribution in [0.25, 0.3) is 0 Å². The number of aliphatic hydroxyl groups is 1. The molecule has 12 heavy (non-hydrogen) atoms. The predicted octanol–water partition coefficient (Wildman–Crippen LogP) is 1.05. The fourth-order valence-electron chi connectivity index (χ4n) is 1.97. The molecule has 2 nitrogen and oxygen atoms in total. The molecule has 0 saturated carbocycles. The van der Waals surface area contributed by atoms with Crippen molar-refractivity contribution in [1.29, 1.82) is 0 Å². The Hall–Kier alpha value is -0.150. The van der Waals surface area contributed by atoms with E-state index in [2.05, 4.69) is 18.7 Å². The molecule has 1 saturated heterocycles. The van der Waals surface area contributed by atoms with Crippen LogP contribution in [-0.2, 0) is 0 Å². The average molecular weight is 175 g/mol. The van der Waals surface area contributed by atoms with Crippen LogP contribution in [0, 0.1) is 5.92 Å². The Balaban J connectivity index is 2.47. The van der Waals surface area contributed by atoms with Crippen LogP contribution in [0.1, 0.15) is 20.3 Å². The fourth-order valence-corrected chi connectivity index (χ4v) is 1.97. The summed E-state index contributed by atoms with van der Waals surface area (Å²) in [4.78, 5) is 2.05. The van der Waals surface area contributed by atoms with E-state index in [0.717, 1.165) is 6.42 Å². The largest absolute Gasteiger partial charge is 0.392 e. The van der Waals surface area contributed by atoms with Gasteiger partial charge in [0.25, 0.3) is 0 Å². The van der Waals surface area contributed by atoms with Crippen molar-refractivity contribution >= 4 is 0 Å². The van der Waals surface area contributed by atoms with Gasteiger partial charge in [0.1, 0.15) is 6.67 Å². The zero-order valence-corrected chi connectivity index (χ0v) is 7.83. The van der Waals surface area contributed by atoms with Gasteiger partial charge in [0.2, 0.25) is 0 Å². The zero-order valence-electron chi connectivity index (χ0n) is 7.83. The van der Waals surface area contributed by atoms with E-state index in [4.69, 9.17) is 0 Å². The minimum atomic E-state index is -0.310. The zero-order chi connectivity index (χ0) is 9.14. The molecule has 0 bridgehead atoms. The lowest BCUT2D eigenvalue weighted by Gasteiger charge is -2.25. The molecule has 0 amide bonds. The first-order valence-electron chi connectivity index (χ1n) is 4.63. The van der Waals surface area contributed by atoms with Crippen molar-refractivity contribution in [2.75, 3.05) is 19.8 Å². The van der Waals surface area contributed by atoms with Gasteiger partial charge in [-0.3, -0.25) is 4.90 Å². The third kappa shape index (κ3) is 2.17. The second-order valence-electron chi connectivity index (χ2n) is 3.88. The van der Waals surface area contributed by atoms with Crippen molar-refractivity contribution in [1.82, 2.24) is 4.90 Å². The third-order valence-corrected chi connectivity index (χ3v) is 2.57. The lowest BCUT2D eigenvalue weighted by molar-refractivity contribution is 0.166. The van der Waals surface area contributed by atoms with Gasteiger partial charge >= 0.3 is 0 Å². The number of rotatable bonds is 3. The second kappa shape index (κ2) is 4.19. The first-order chi connectivity index (χ1) is 5.65. The molecular formula is C9H18FNO. The Kier molecular flexibility index (Phi) is 3.47. The fraction of sp³-hybridized carbons (Fsp3) is 1.00. The first-order valence-corrected chi connectivity index (χ1v) is 4.63. The van der Waals surface area contributed by atoms with E-state index in [0.29, 0.717) is 25.0 Å². The quantitative estimate of drug-likeness (QED) is 0.693. The monoisotopic (exact) mass is 175 g/mol. The molecule has 1 fully saturated rings. The van der Waals surface area contributed by atoms with Crippen LogP contribution in [0.4, 0.5) is 4.39 Å². The van der Waals surface area contributed by atoms with Gasteiger partial charge in [-0.05, 0) is 12.3 Å². The standard InChI is InChI=1S/C9H18FNO/c1-7(2)9-5-8(12)6-11(9)4-3-10/h7-9,12H,3-6H2,1-2H3. The average Bonchev–Trinajstić information content (AvgIpc) is 2.32. The summed E-state index contributed by atoms with van der Waals surface area (Å²) in [6.45, 7) is 5.05. The highest BCUT2D eigenvalue weighted by atomic mass is 19.1. The summed E-state index contributed by atoms with van der Waals surface area (Å²) in [7, 11) is 0. The van der Waals surface area contributed by atoms with E-state index in [1.807, 2.05) is 0 Å². The molecule has 0 radical (unpaired) electrons. The van der Waals surface area contributed by atoms with Gasteiger partial charge in [0.05, 0.1) is 6.10 Å². The van der Waals surface area contributed by atoms with Gasteiger partial charge < -0.3 is 5.11 Å². The van der Waals surface area contributed by atoms with Crippen LogP contribution in [0.2, 0.25) is 0 Å². The summed E-state index contributed by atoms with van der Waals surface area (Å²) in [6, 6.07) is 0.371. The Labute approximate surface area is 73.4 Å². The molecule has 0 aromatic carbocycles. The predicted molar refractivity (Wildman–Crippen MR) is 46.8 cm³/mol. The van der Waals surface area contributed by atoms with Gasteiger partial charge in [0.15, 0.2) is 0 Å². The van der Waals surface area contributed by atoms with Crippen LogP contribution in [0.5, 0.6) is 0 Å². The summed E-state index contributed by atoms with van der Waals surface area (Å²) in [5.74, 6) is 0.508. The minimum Gasteiger partial charge on any atom is -0.392 e. The summed E-state index contributed by atoms with van der Waals surface area (Å²) in [6.07, 6.45) is 0.557. The van der Waals surface area contributed by atoms with Crippen LogP contribution in [0.3, 0.4) is 0 Å². The van der Waals surface area contributed by atoms with E-state index >= 15 is 0 Å². The van der Waals surface area contributed by atoms with Crippen molar-refractivity contribution in [2.45, 2.75) is 32.4 Å². The maximum Gasteiger partial charge on any atom is 0.102 e. The summed E-state index contributed by atoms with van der Waals surface area (Å²) in [5.41, 5.74) is 0. The van der Waals surface area contributed by atoms with E-state index < -0.39 is 0 Å². The number of hydrogen-bond donors (Lipinski definition) is 1. The van der Waals surface area contributed by atoms with E-state index in [9.17, 15) is 9.50 Å².